The van der Waals surface area contributed by atoms with Crippen LogP contribution in [0.25, 0.3) is 0 Å². The summed E-state index contributed by atoms with van der Waals surface area (Å²) >= 11 is 3.03. The molecule has 0 bridgehead atoms. The highest BCUT2D eigenvalue weighted by molar-refractivity contribution is 9.10. The van der Waals surface area contributed by atoms with Crippen LogP contribution in [0.4, 0.5) is 13.2 Å². The first-order valence-electron chi connectivity index (χ1n) is 5.23. The van der Waals surface area contributed by atoms with Crippen LogP contribution in [0, 0.1) is 17.5 Å². The molecule has 0 saturated heterocycles. The summed E-state index contributed by atoms with van der Waals surface area (Å²) in [5, 5.41) is 8.82. The molecule has 0 saturated carbocycles. The minimum absolute atomic E-state index is 0.0796. The molecule has 2 rings (SSSR count). The van der Waals surface area contributed by atoms with Gasteiger partial charge < -0.3 is 9.84 Å². The van der Waals surface area contributed by atoms with Crippen molar-refractivity contribution in [3.05, 3.63) is 57.8 Å². The van der Waals surface area contributed by atoms with Crippen molar-refractivity contribution in [3.8, 4) is 11.5 Å². The van der Waals surface area contributed by atoms with Gasteiger partial charge in [0.05, 0.1) is 11.1 Å². The van der Waals surface area contributed by atoms with E-state index in [0.717, 1.165) is 24.3 Å². The molecule has 0 fully saturated rings. The van der Waals surface area contributed by atoms with Crippen LogP contribution in [0.15, 0.2) is 34.8 Å². The lowest BCUT2D eigenvalue weighted by molar-refractivity contribution is 0.279. The summed E-state index contributed by atoms with van der Waals surface area (Å²) in [5.74, 6) is -2.92. The topological polar surface area (TPSA) is 29.5 Å². The van der Waals surface area contributed by atoms with Gasteiger partial charge in [0.1, 0.15) is 11.6 Å². The molecule has 1 N–H and O–H groups in total. The maximum atomic E-state index is 13.6. The Bertz CT molecular complexity index is 594. The van der Waals surface area contributed by atoms with Crippen molar-refractivity contribution in [2.75, 3.05) is 0 Å². The Labute approximate surface area is 115 Å². The molecule has 0 radical (unpaired) electrons. The number of benzene rings is 2. The second kappa shape index (κ2) is 5.63. The van der Waals surface area contributed by atoms with E-state index in [-0.39, 0.29) is 15.8 Å². The Hall–Kier alpha value is -1.53. The first-order chi connectivity index (χ1) is 9.01. The van der Waals surface area contributed by atoms with Crippen molar-refractivity contribution in [1.82, 2.24) is 0 Å². The Balaban J connectivity index is 2.38. The number of aliphatic hydroxyl groups is 1. The van der Waals surface area contributed by atoms with E-state index in [1.165, 1.54) is 6.07 Å². The second-order valence-electron chi connectivity index (χ2n) is 3.72. The lowest BCUT2D eigenvalue weighted by atomic mass is 10.2. The SMILES string of the molecule is OCc1cc(F)c(Oc2ccc(F)cc2Br)c(F)c1. The van der Waals surface area contributed by atoms with E-state index in [1.54, 1.807) is 0 Å². The summed E-state index contributed by atoms with van der Waals surface area (Å²) in [6.45, 7) is -0.478. The third-order valence-corrected chi connectivity index (χ3v) is 2.97. The summed E-state index contributed by atoms with van der Waals surface area (Å²) in [6, 6.07) is 5.41. The van der Waals surface area contributed by atoms with Crippen LogP contribution in [-0.2, 0) is 6.61 Å². The summed E-state index contributed by atoms with van der Waals surface area (Å²) < 4.78 is 45.5. The van der Waals surface area contributed by atoms with Crippen LogP contribution in [0.1, 0.15) is 5.56 Å². The zero-order chi connectivity index (χ0) is 14.0. The number of rotatable bonds is 3. The predicted molar refractivity (Wildman–Crippen MR) is 66.5 cm³/mol. The van der Waals surface area contributed by atoms with Gasteiger partial charge in [0, 0.05) is 0 Å². The Morgan fingerprint density at radius 2 is 1.68 bits per heavy atom. The minimum Gasteiger partial charge on any atom is -0.450 e. The number of hydrogen-bond acceptors (Lipinski definition) is 2. The van der Waals surface area contributed by atoms with Gasteiger partial charge in [0.15, 0.2) is 17.4 Å². The van der Waals surface area contributed by atoms with Gasteiger partial charge in [0.2, 0.25) is 0 Å². The third kappa shape index (κ3) is 3.08. The van der Waals surface area contributed by atoms with Gasteiger partial charge in [-0.1, -0.05) is 0 Å². The zero-order valence-electron chi connectivity index (χ0n) is 9.46. The van der Waals surface area contributed by atoms with Crippen LogP contribution in [0.2, 0.25) is 0 Å². The molecule has 0 amide bonds. The molecule has 2 aromatic rings. The maximum absolute atomic E-state index is 13.6. The largest absolute Gasteiger partial charge is 0.450 e. The maximum Gasteiger partial charge on any atom is 0.198 e. The summed E-state index contributed by atoms with van der Waals surface area (Å²) in [7, 11) is 0. The van der Waals surface area contributed by atoms with Crippen LogP contribution in [-0.4, -0.2) is 5.11 Å². The lowest BCUT2D eigenvalue weighted by Crippen LogP contribution is -1.96. The lowest BCUT2D eigenvalue weighted by Gasteiger charge is -2.10. The quantitative estimate of drug-likeness (QED) is 0.914. The van der Waals surface area contributed by atoms with E-state index >= 15 is 0 Å². The van der Waals surface area contributed by atoms with Gasteiger partial charge in [-0.3, -0.25) is 0 Å². The molecule has 0 unspecified atom stereocenters. The van der Waals surface area contributed by atoms with Crippen molar-refractivity contribution in [3.63, 3.8) is 0 Å². The average Bonchev–Trinajstić information content (AvgIpc) is 2.35. The van der Waals surface area contributed by atoms with Crippen molar-refractivity contribution >= 4 is 15.9 Å². The summed E-state index contributed by atoms with van der Waals surface area (Å²) in [6.07, 6.45) is 0. The van der Waals surface area contributed by atoms with Crippen LogP contribution >= 0.6 is 15.9 Å². The molecule has 0 atom stereocenters. The van der Waals surface area contributed by atoms with Gasteiger partial charge in [0.25, 0.3) is 0 Å². The smallest absolute Gasteiger partial charge is 0.198 e. The third-order valence-electron chi connectivity index (χ3n) is 2.35. The van der Waals surface area contributed by atoms with E-state index in [9.17, 15) is 13.2 Å². The molecule has 19 heavy (non-hydrogen) atoms. The summed E-state index contributed by atoms with van der Waals surface area (Å²) in [5.41, 5.74) is 0.0977. The first kappa shape index (κ1) is 13.9. The molecule has 0 aliphatic heterocycles. The molecule has 2 nitrogen and oxygen atoms in total. The molecular formula is C13H8BrF3O2. The molecule has 0 aromatic heterocycles. The van der Waals surface area contributed by atoms with Crippen molar-refractivity contribution in [2.24, 2.45) is 0 Å². The Kier molecular flexibility index (Phi) is 4.11. The van der Waals surface area contributed by atoms with Gasteiger partial charge >= 0.3 is 0 Å². The van der Waals surface area contributed by atoms with E-state index in [4.69, 9.17) is 9.84 Å². The molecule has 0 spiro atoms. The highest BCUT2D eigenvalue weighted by atomic mass is 79.9. The van der Waals surface area contributed by atoms with E-state index in [2.05, 4.69) is 15.9 Å². The fraction of sp³-hybridized carbons (Fsp3) is 0.0769. The van der Waals surface area contributed by atoms with E-state index in [1.807, 2.05) is 0 Å². The number of ether oxygens (including phenoxy) is 1. The van der Waals surface area contributed by atoms with Crippen LogP contribution < -0.4 is 4.74 Å². The fourth-order valence-corrected chi connectivity index (χ4v) is 1.90. The Morgan fingerprint density at radius 3 is 2.21 bits per heavy atom. The van der Waals surface area contributed by atoms with Crippen molar-refractivity contribution < 1.29 is 23.0 Å². The fourth-order valence-electron chi connectivity index (χ4n) is 1.47. The monoisotopic (exact) mass is 332 g/mol. The van der Waals surface area contributed by atoms with Crippen molar-refractivity contribution in [1.29, 1.82) is 0 Å². The van der Waals surface area contributed by atoms with Crippen LogP contribution in [0.3, 0.4) is 0 Å². The molecular weight excluding hydrogens is 325 g/mol. The predicted octanol–water partition coefficient (Wildman–Crippen LogP) is 4.15. The number of hydrogen-bond donors (Lipinski definition) is 1. The number of halogens is 4. The minimum atomic E-state index is -0.944. The Morgan fingerprint density at radius 1 is 1.05 bits per heavy atom. The zero-order valence-corrected chi connectivity index (χ0v) is 11.0. The van der Waals surface area contributed by atoms with Crippen LogP contribution in [0.5, 0.6) is 11.5 Å². The molecule has 0 heterocycles. The molecule has 0 aliphatic carbocycles. The van der Waals surface area contributed by atoms with Crippen molar-refractivity contribution in [2.45, 2.75) is 6.61 Å². The van der Waals surface area contributed by atoms with Gasteiger partial charge in [-0.05, 0) is 51.8 Å². The molecule has 0 aliphatic rings. The summed E-state index contributed by atoms with van der Waals surface area (Å²) in [4.78, 5) is 0. The highest BCUT2D eigenvalue weighted by Gasteiger charge is 2.15. The molecule has 6 heteroatoms. The van der Waals surface area contributed by atoms with Gasteiger partial charge in [-0.15, -0.1) is 0 Å². The van der Waals surface area contributed by atoms with E-state index < -0.39 is 29.8 Å². The van der Waals surface area contributed by atoms with E-state index in [0.29, 0.717) is 0 Å². The highest BCUT2D eigenvalue weighted by Crippen LogP contribution is 2.33. The average molecular weight is 333 g/mol. The second-order valence-corrected chi connectivity index (χ2v) is 4.58. The standard InChI is InChI=1S/C13H8BrF3O2/c14-9-5-8(15)1-2-12(9)19-13-10(16)3-7(6-18)4-11(13)17/h1-5,18H,6H2. The van der Waals surface area contributed by atoms with Gasteiger partial charge in [-0.2, -0.15) is 0 Å². The van der Waals surface area contributed by atoms with Gasteiger partial charge in [-0.25, -0.2) is 13.2 Å². The normalized spacial score (nSPS) is 10.6. The first-order valence-corrected chi connectivity index (χ1v) is 6.02. The molecule has 2 aromatic carbocycles. The molecule has 100 valence electrons. The number of aliphatic hydroxyl groups excluding tert-OH is 1.